The van der Waals surface area contributed by atoms with E-state index in [-0.39, 0.29) is 0 Å². The minimum absolute atomic E-state index is 0.710. The summed E-state index contributed by atoms with van der Waals surface area (Å²) in [6.07, 6.45) is 0.924. The molecule has 0 aromatic heterocycles. The van der Waals surface area contributed by atoms with Crippen LogP contribution in [0, 0.1) is 6.92 Å². The fourth-order valence-electron chi connectivity index (χ4n) is 1.69. The number of aryl methyl sites for hydroxylation is 1. The van der Waals surface area contributed by atoms with Crippen LogP contribution in [-0.4, -0.2) is 6.61 Å². The molecule has 2 rings (SSSR count). The minimum atomic E-state index is 0.710. The molecular weight excluding hydrogens is 276 g/mol. The van der Waals surface area contributed by atoms with Crippen molar-refractivity contribution < 1.29 is 4.74 Å². The molecule has 0 fully saturated rings. The molecule has 17 heavy (non-hydrogen) atoms. The highest BCUT2D eigenvalue weighted by Gasteiger charge is 1.98. The average molecular weight is 291 g/mol. The van der Waals surface area contributed by atoms with Crippen LogP contribution in [0.4, 0.5) is 0 Å². The van der Waals surface area contributed by atoms with Gasteiger partial charge in [-0.25, -0.2) is 0 Å². The summed E-state index contributed by atoms with van der Waals surface area (Å²) in [5, 5.41) is 0. The Balaban J connectivity index is 1.90. The number of benzene rings is 2. The van der Waals surface area contributed by atoms with Gasteiger partial charge in [0.2, 0.25) is 0 Å². The average Bonchev–Trinajstić information content (AvgIpc) is 2.32. The number of halogens is 1. The van der Waals surface area contributed by atoms with Gasteiger partial charge in [-0.2, -0.15) is 0 Å². The molecule has 0 amide bonds. The zero-order chi connectivity index (χ0) is 12.1. The first-order valence-corrected chi connectivity index (χ1v) is 6.48. The Hall–Kier alpha value is -1.28. The smallest absolute Gasteiger partial charge is 0.122 e. The largest absolute Gasteiger partial charge is 0.493 e. The van der Waals surface area contributed by atoms with Crippen LogP contribution in [0.15, 0.2) is 53.0 Å². The third-order valence-corrected chi connectivity index (χ3v) is 3.12. The summed E-state index contributed by atoms with van der Waals surface area (Å²) < 4.78 is 6.88. The van der Waals surface area contributed by atoms with Gasteiger partial charge in [0.25, 0.3) is 0 Å². The van der Waals surface area contributed by atoms with Crippen LogP contribution in [0.1, 0.15) is 11.1 Å². The van der Waals surface area contributed by atoms with E-state index in [9.17, 15) is 0 Å². The summed E-state index contributed by atoms with van der Waals surface area (Å²) >= 11 is 3.47. The molecule has 0 spiro atoms. The molecule has 0 heterocycles. The number of para-hydroxylation sites is 1. The van der Waals surface area contributed by atoms with Crippen LogP contribution in [0.25, 0.3) is 0 Å². The SMILES string of the molecule is Cc1ccccc1OCCc1cccc(Br)c1. The number of hydrogen-bond acceptors (Lipinski definition) is 1. The maximum absolute atomic E-state index is 5.77. The molecule has 0 aliphatic heterocycles. The van der Waals surface area contributed by atoms with E-state index in [2.05, 4.69) is 41.1 Å². The van der Waals surface area contributed by atoms with Crippen molar-refractivity contribution in [3.8, 4) is 5.75 Å². The van der Waals surface area contributed by atoms with E-state index in [1.807, 2.05) is 30.3 Å². The van der Waals surface area contributed by atoms with Crippen LogP contribution >= 0.6 is 15.9 Å². The highest BCUT2D eigenvalue weighted by Crippen LogP contribution is 2.17. The first kappa shape index (κ1) is 12.2. The summed E-state index contributed by atoms with van der Waals surface area (Å²) in [7, 11) is 0. The van der Waals surface area contributed by atoms with E-state index in [0.717, 1.165) is 16.6 Å². The number of hydrogen-bond donors (Lipinski definition) is 0. The van der Waals surface area contributed by atoms with Crippen molar-refractivity contribution in [2.45, 2.75) is 13.3 Å². The fourth-order valence-corrected chi connectivity index (χ4v) is 2.14. The van der Waals surface area contributed by atoms with Crippen molar-refractivity contribution in [3.05, 3.63) is 64.1 Å². The lowest BCUT2D eigenvalue weighted by molar-refractivity contribution is 0.320. The Bertz CT molecular complexity index is 494. The molecule has 88 valence electrons. The molecule has 2 aromatic rings. The van der Waals surface area contributed by atoms with Gasteiger partial charge >= 0.3 is 0 Å². The Kier molecular flexibility index (Phi) is 4.21. The molecule has 0 saturated carbocycles. The molecule has 0 aliphatic carbocycles. The molecule has 1 nitrogen and oxygen atoms in total. The van der Waals surface area contributed by atoms with E-state index >= 15 is 0 Å². The molecule has 0 unspecified atom stereocenters. The Labute approximate surface area is 111 Å². The van der Waals surface area contributed by atoms with E-state index in [1.54, 1.807) is 0 Å². The molecule has 0 aliphatic rings. The zero-order valence-corrected chi connectivity index (χ0v) is 11.4. The topological polar surface area (TPSA) is 9.23 Å². The van der Waals surface area contributed by atoms with Gasteiger partial charge < -0.3 is 4.74 Å². The summed E-state index contributed by atoms with van der Waals surface area (Å²) in [5.74, 6) is 0.975. The maximum atomic E-state index is 5.77. The van der Waals surface area contributed by atoms with Crippen molar-refractivity contribution in [1.82, 2.24) is 0 Å². The molecule has 0 bridgehead atoms. The van der Waals surface area contributed by atoms with E-state index < -0.39 is 0 Å². The predicted molar refractivity (Wildman–Crippen MR) is 74.5 cm³/mol. The highest BCUT2D eigenvalue weighted by atomic mass is 79.9. The van der Waals surface area contributed by atoms with Gasteiger partial charge in [-0.3, -0.25) is 0 Å². The Morgan fingerprint density at radius 3 is 2.65 bits per heavy atom. The molecule has 0 atom stereocenters. The Morgan fingerprint density at radius 1 is 1.06 bits per heavy atom. The van der Waals surface area contributed by atoms with Crippen LogP contribution in [0.2, 0.25) is 0 Å². The standard InChI is InChI=1S/C15H15BrO/c1-12-5-2-3-8-15(12)17-10-9-13-6-4-7-14(16)11-13/h2-8,11H,9-10H2,1H3. The second kappa shape index (κ2) is 5.87. The van der Waals surface area contributed by atoms with Crippen molar-refractivity contribution in [2.24, 2.45) is 0 Å². The van der Waals surface area contributed by atoms with Crippen molar-refractivity contribution in [2.75, 3.05) is 6.61 Å². The summed E-state index contributed by atoms with van der Waals surface area (Å²) in [6.45, 7) is 2.77. The molecule has 2 heteroatoms. The quantitative estimate of drug-likeness (QED) is 0.812. The second-order valence-electron chi connectivity index (χ2n) is 3.99. The third kappa shape index (κ3) is 3.60. The Morgan fingerprint density at radius 2 is 1.88 bits per heavy atom. The van der Waals surface area contributed by atoms with Crippen LogP contribution in [0.3, 0.4) is 0 Å². The summed E-state index contributed by atoms with van der Waals surface area (Å²) in [5.41, 5.74) is 2.47. The number of ether oxygens (including phenoxy) is 1. The first-order valence-electron chi connectivity index (χ1n) is 5.68. The minimum Gasteiger partial charge on any atom is -0.493 e. The highest BCUT2D eigenvalue weighted by molar-refractivity contribution is 9.10. The molecule has 0 N–H and O–H groups in total. The van der Waals surface area contributed by atoms with E-state index in [4.69, 9.17) is 4.74 Å². The molecule has 0 radical (unpaired) electrons. The third-order valence-electron chi connectivity index (χ3n) is 2.63. The van der Waals surface area contributed by atoms with Gasteiger partial charge in [-0.05, 0) is 36.2 Å². The lowest BCUT2D eigenvalue weighted by Gasteiger charge is -2.08. The van der Waals surface area contributed by atoms with Gasteiger partial charge in [0, 0.05) is 10.9 Å². The first-order chi connectivity index (χ1) is 8.25. The number of rotatable bonds is 4. The lowest BCUT2D eigenvalue weighted by atomic mass is 10.2. The van der Waals surface area contributed by atoms with Crippen LogP contribution in [0.5, 0.6) is 5.75 Å². The monoisotopic (exact) mass is 290 g/mol. The van der Waals surface area contributed by atoms with Gasteiger partial charge in [0.1, 0.15) is 5.75 Å². The van der Waals surface area contributed by atoms with Gasteiger partial charge in [0.05, 0.1) is 6.61 Å². The van der Waals surface area contributed by atoms with Crippen molar-refractivity contribution in [3.63, 3.8) is 0 Å². The lowest BCUT2D eigenvalue weighted by Crippen LogP contribution is -2.02. The van der Waals surface area contributed by atoms with Crippen LogP contribution < -0.4 is 4.74 Å². The second-order valence-corrected chi connectivity index (χ2v) is 4.91. The summed E-state index contributed by atoms with van der Waals surface area (Å²) in [4.78, 5) is 0. The predicted octanol–water partition coefficient (Wildman–Crippen LogP) is 4.38. The zero-order valence-electron chi connectivity index (χ0n) is 9.82. The van der Waals surface area contributed by atoms with Gasteiger partial charge in [-0.15, -0.1) is 0 Å². The summed E-state index contributed by atoms with van der Waals surface area (Å²) in [6, 6.07) is 16.4. The van der Waals surface area contributed by atoms with Gasteiger partial charge in [0.15, 0.2) is 0 Å². The van der Waals surface area contributed by atoms with Crippen molar-refractivity contribution >= 4 is 15.9 Å². The maximum Gasteiger partial charge on any atom is 0.122 e. The molecule has 0 saturated heterocycles. The van der Waals surface area contributed by atoms with Gasteiger partial charge in [-0.1, -0.05) is 46.3 Å². The van der Waals surface area contributed by atoms with Crippen LogP contribution in [-0.2, 0) is 6.42 Å². The van der Waals surface area contributed by atoms with E-state index in [0.29, 0.717) is 6.61 Å². The normalized spacial score (nSPS) is 10.2. The van der Waals surface area contributed by atoms with Crippen molar-refractivity contribution in [1.29, 1.82) is 0 Å². The van der Waals surface area contributed by atoms with E-state index in [1.165, 1.54) is 11.1 Å². The fraction of sp³-hybridized carbons (Fsp3) is 0.200. The molecule has 2 aromatic carbocycles. The molecular formula is C15H15BrO.